The van der Waals surface area contributed by atoms with Gasteiger partial charge >= 0.3 is 0 Å². The second-order valence-electron chi connectivity index (χ2n) is 6.25. The minimum Gasteiger partial charge on any atom is -0.347 e. The number of nitrogens with two attached hydrogens (primary N) is 1. The standard InChI is InChI=1S/C16H22N2/c1-16(2,17)9-8-13-11-18-10-4-6-12-5-3-7-14(13)15(12)18/h3,5,7,11H,4,6,8-10,17H2,1-2H3. The van der Waals surface area contributed by atoms with Gasteiger partial charge in [-0.3, -0.25) is 0 Å². The largest absolute Gasteiger partial charge is 0.347 e. The Labute approximate surface area is 109 Å². The van der Waals surface area contributed by atoms with Crippen molar-refractivity contribution in [2.24, 2.45) is 5.73 Å². The lowest BCUT2D eigenvalue weighted by Crippen LogP contribution is -2.32. The molecule has 96 valence electrons. The van der Waals surface area contributed by atoms with Crippen molar-refractivity contribution in [3.8, 4) is 0 Å². The minimum absolute atomic E-state index is 0.0772. The van der Waals surface area contributed by atoms with Gasteiger partial charge in [-0.05, 0) is 50.7 Å². The maximum Gasteiger partial charge on any atom is 0.0515 e. The van der Waals surface area contributed by atoms with E-state index in [0.717, 1.165) is 12.8 Å². The number of hydrogen-bond acceptors (Lipinski definition) is 1. The molecule has 3 rings (SSSR count). The maximum absolute atomic E-state index is 6.10. The fourth-order valence-electron chi connectivity index (χ4n) is 2.99. The molecule has 1 aromatic heterocycles. The Morgan fingerprint density at radius 1 is 1.33 bits per heavy atom. The highest BCUT2D eigenvalue weighted by Gasteiger charge is 2.17. The lowest BCUT2D eigenvalue weighted by molar-refractivity contribution is 0.477. The molecule has 0 amide bonds. The quantitative estimate of drug-likeness (QED) is 0.880. The van der Waals surface area contributed by atoms with E-state index in [1.807, 2.05) is 0 Å². The van der Waals surface area contributed by atoms with Gasteiger partial charge in [-0.15, -0.1) is 0 Å². The lowest BCUT2D eigenvalue weighted by atomic mass is 9.95. The van der Waals surface area contributed by atoms with Gasteiger partial charge in [0, 0.05) is 23.7 Å². The monoisotopic (exact) mass is 242 g/mol. The topological polar surface area (TPSA) is 30.9 Å². The van der Waals surface area contributed by atoms with Crippen LogP contribution in [-0.4, -0.2) is 10.1 Å². The predicted octanol–water partition coefficient (Wildman–Crippen LogP) is 3.26. The average Bonchev–Trinajstić information content (AvgIpc) is 2.67. The highest BCUT2D eigenvalue weighted by molar-refractivity contribution is 5.87. The van der Waals surface area contributed by atoms with Gasteiger partial charge in [-0.2, -0.15) is 0 Å². The van der Waals surface area contributed by atoms with Crippen LogP contribution < -0.4 is 5.73 Å². The van der Waals surface area contributed by atoms with Gasteiger partial charge in [0.1, 0.15) is 0 Å². The molecule has 0 radical (unpaired) electrons. The molecule has 2 heterocycles. The number of para-hydroxylation sites is 1. The van der Waals surface area contributed by atoms with Gasteiger partial charge < -0.3 is 10.3 Å². The highest BCUT2D eigenvalue weighted by atomic mass is 15.0. The van der Waals surface area contributed by atoms with Crippen molar-refractivity contribution in [3.63, 3.8) is 0 Å². The van der Waals surface area contributed by atoms with Crippen LogP contribution in [0.2, 0.25) is 0 Å². The minimum atomic E-state index is -0.0772. The Kier molecular flexibility index (Phi) is 2.70. The summed E-state index contributed by atoms with van der Waals surface area (Å²) in [5, 5.41) is 1.44. The van der Waals surface area contributed by atoms with Crippen LogP contribution >= 0.6 is 0 Å². The Morgan fingerprint density at radius 2 is 2.17 bits per heavy atom. The van der Waals surface area contributed by atoms with Gasteiger partial charge in [-0.1, -0.05) is 18.2 Å². The van der Waals surface area contributed by atoms with Crippen molar-refractivity contribution in [2.75, 3.05) is 0 Å². The molecule has 2 heteroatoms. The highest BCUT2D eigenvalue weighted by Crippen LogP contribution is 2.30. The third kappa shape index (κ3) is 2.05. The second kappa shape index (κ2) is 4.13. The van der Waals surface area contributed by atoms with Crippen LogP contribution in [0.1, 0.15) is 37.8 Å². The second-order valence-corrected chi connectivity index (χ2v) is 6.25. The zero-order valence-electron chi connectivity index (χ0n) is 11.4. The molecular formula is C16H22N2. The number of rotatable bonds is 3. The molecule has 0 unspecified atom stereocenters. The van der Waals surface area contributed by atoms with Crippen molar-refractivity contribution in [1.82, 2.24) is 4.57 Å². The molecule has 2 N–H and O–H groups in total. The molecule has 2 nitrogen and oxygen atoms in total. The average molecular weight is 242 g/mol. The number of hydrogen-bond donors (Lipinski definition) is 1. The zero-order chi connectivity index (χ0) is 12.8. The molecule has 1 aliphatic rings. The van der Waals surface area contributed by atoms with E-state index >= 15 is 0 Å². The smallest absolute Gasteiger partial charge is 0.0515 e. The molecule has 0 bridgehead atoms. The van der Waals surface area contributed by atoms with E-state index in [1.165, 1.54) is 41.4 Å². The number of nitrogens with zero attached hydrogens (tertiary/aromatic N) is 1. The van der Waals surface area contributed by atoms with Crippen LogP contribution in [-0.2, 0) is 19.4 Å². The van der Waals surface area contributed by atoms with Crippen molar-refractivity contribution in [1.29, 1.82) is 0 Å². The van der Waals surface area contributed by atoms with Gasteiger partial charge in [0.2, 0.25) is 0 Å². The summed E-state index contributed by atoms with van der Waals surface area (Å²) < 4.78 is 2.44. The summed E-state index contributed by atoms with van der Waals surface area (Å²) in [6.07, 6.45) is 6.96. The van der Waals surface area contributed by atoms with Gasteiger partial charge in [0.25, 0.3) is 0 Å². The molecule has 0 fully saturated rings. The van der Waals surface area contributed by atoms with Crippen molar-refractivity contribution in [3.05, 3.63) is 35.5 Å². The van der Waals surface area contributed by atoms with E-state index in [2.05, 4.69) is 42.8 Å². The Morgan fingerprint density at radius 3 is 2.94 bits per heavy atom. The fraction of sp³-hybridized carbons (Fsp3) is 0.500. The first-order valence-corrected chi connectivity index (χ1v) is 6.93. The molecule has 0 saturated carbocycles. The third-order valence-corrected chi connectivity index (χ3v) is 3.95. The summed E-state index contributed by atoms with van der Waals surface area (Å²) in [6.45, 7) is 5.38. The lowest BCUT2D eigenvalue weighted by Gasteiger charge is -2.17. The maximum atomic E-state index is 6.10. The summed E-state index contributed by atoms with van der Waals surface area (Å²) >= 11 is 0. The molecule has 0 atom stereocenters. The van der Waals surface area contributed by atoms with E-state index in [0.29, 0.717) is 0 Å². The normalized spacial score (nSPS) is 15.3. The van der Waals surface area contributed by atoms with Crippen molar-refractivity contribution < 1.29 is 0 Å². The van der Waals surface area contributed by atoms with E-state index < -0.39 is 0 Å². The van der Waals surface area contributed by atoms with Gasteiger partial charge in [0.15, 0.2) is 0 Å². The Hall–Kier alpha value is -1.28. The van der Waals surface area contributed by atoms with Crippen molar-refractivity contribution >= 4 is 10.9 Å². The Balaban J connectivity index is 2.01. The summed E-state index contributed by atoms with van der Waals surface area (Å²) in [4.78, 5) is 0. The molecule has 0 spiro atoms. The number of aromatic nitrogens is 1. The van der Waals surface area contributed by atoms with E-state index in [1.54, 1.807) is 0 Å². The van der Waals surface area contributed by atoms with E-state index in [-0.39, 0.29) is 5.54 Å². The predicted molar refractivity (Wildman–Crippen MR) is 76.8 cm³/mol. The first kappa shape index (κ1) is 11.8. The summed E-state index contributed by atoms with van der Waals surface area (Å²) in [6, 6.07) is 6.73. The fourth-order valence-corrected chi connectivity index (χ4v) is 2.99. The molecule has 1 aromatic carbocycles. The van der Waals surface area contributed by atoms with Crippen LogP contribution in [0.3, 0.4) is 0 Å². The van der Waals surface area contributed by atoms with Crippen LogP contribution in [0.15, 0.2) is 24.4 Å². The van der Waals surface area contributed by atoms with Crippen LogP contribution in [0, 0.1) is 0 Å². The van der Waals surface area contributed by atoms with E-state index in [4.69, 9.17) is 5.73 Å². The molecule has 1 aliphatic heterocycles. The van der Waals surface area contributed by atoms with Gasteiger partial charge in [0.05, 0.1) is 5.52 Å². The first-order valence-electron chi connectivity index (χ1n) is 6.93. The summed E-state index contributed by atoms with van der Waals surface area (Å²) in [5.74, 6) is 0. The van der Waals surface area contributed by atoms with E-state index in [9.17, 15) is 0 Å². The molecule has 0 aliphatic carbocycles. The zero-order valence-corrected chi connectivity index (χ0v) is 11.4. The van der Waals surface area contributed by atoms with Crippen LogP contribution in [0.5, 0.6) is 0 Å². The van der Waals surface area contributed by atoms with Crippen molar-refractivity contribution in [2.45, 2.75) is 51.6 Å². The number of benzene rings is 1. The third-order valence-electron chi connectivity index (χ3n) is 3.95. The van der Waals surface area contributed by atoms with Gasteiger partial charge in [-0.25, -0.2) is 0 Å². The Bertz CT molecular complexity index is 573. The summed E-state index contributed by atoms with van der Waals surface area (Å²) in [7, 11) is 0. The first-order chi connectivity index (χ1) is 8.54. The molecule has 2 aromatic rings. The molecular weight excluding hydrogens is 220 g/mol. The number of aryl methyl sites for hydroxylation is 3. The summed E-state index contributed by atoms with van der Waals surface area (Å²) in [5.41, 5.74) is 10.5. The molecule has 0 saturated heterocycles. The SMILES string of the molecule is CC(C)(N)CCc1cn2c3c(cccc13)CCC2. The van der Waals surface area contributed by atoms with Crippen LogP contribution in [0.4, 0.5) is 0 Å². The van der Waals surface area contributed by atoms with Crippen LogP contribution in [0.25, 0.3) is 10.9 Å². The molecule has 18 heavy (non-hydrogen) atoms.